The number of rotatable bonds is 47. The number of carbonyl (C=O) groups excluding carboxylic acids is 8. The van der Waals surface area contributed by atoms with Crippen molar-refractivity contribution in [2.75, 3.05) is 152 Å². The van der Waals surface area contributed by atoms with Gasteiger partial charge in [-0.25, -0.2) is 0 Å². The molecular formula is C62H110N8O30. The molecule has 0 spiro atoms. The molecule has 3 heterocycles. The molecule has 16 unspecified atom stereocenters. The predicted octanol–water partition coefficient (Wildman–Crippen LogP) is -8.22. The average molecular weight is 1450 g/mol. The Morgan fingerprint density at radius 2 is 0.770 bits per heavy atom. The molecule has 0 bridgehead atoms. The summed E-state index contributed by atoms with van der Waals surface area (Å²) in [6.45, 7) is 6.48. The molecule has 4 fully saturated rings. The molecule has 100 heavy (non-hydrogen) atoms. The highest BCUT2D eigenvalue weighted by Crippen LogP contribution is 2.30. The summed E-state index contributed by atoms with van der Waals surface area (Å²) in [6, 6.07) is -4.78. The first kappa shape index (κ1) is 87.3. The number of hydrogen-bond acceptors (Lipinski definition) is 30. The maximum atomic E-state index is 14.7. The van der Waals surface area contributed by atoms with Crippen LogP contribution in [0, 0.1) is 5.92 Å². The fourth-order valence-corrected chi connectivity index (χ4v) is 11.0. The van der Waals surface area contributed by atoms with Crippen LogP contribution in [0.4, 0.5) is 0 Å². The fourth-order valence-electron chi connectivity index (χ4n) is 11.0. The molecule has 0 aromatic heterocycles. The Kier molecular flexibility index (Phi) is 41.3. The molecule has 578 valence electrons. The van der Waals surface area contributed by atoms with Gasteiger partial charge < -0.3 is 150 Å². The summed E-state index contributed by atoms with van der Waals surface area (Å²) >= 11 is 0. The minimum absolute atomic E-state index is 0.00967. The Balaban J connectivity index is 1.31. The average Bonchev–Trinajstić information content (AvgIpc) is 0.822. The first-order chi connectivity index (χ1) is 47.7. The number of carbonyl (C=O) groups is 8. The first-order valence-corrected chi connectivity index (χ1v) is 33.7. The fraction of sp³-hybridized carbons (Fsp3) is 0.871. The van der Waals surface area contributed by atoms with Crippen LogP contribution in [0.3, 0.4) is 0 Å². The Bertz CT molecular complexity index is 2330. The van der Waals surface area contributed by atoms with Gasteiger partial charge in [0.1, 0.15) is 92.2 Å². The van der Waals surface area contributed by atoms with E-state index in [0.717, 1.165) is 4.90 Å². The largest absolute Gasteiger partial charge is 0.394 e. The third-order valence-electron chi connectivity index (χ3n) is 15.9. The summed E-state index contributed by atoms with van der Waals surface area (Å²) < 4.78 is 73.1. The normalized spacial score (nSPS) is 28.1. The highest BCUT2D eigenvalue weighted by Gasteiger charge is 2.48. The summed E-state index contributed by atoms with van der Waals surface area (Å²) in [5.74, 6) is -5.28. The van der Waals surface area contributed by atoms with Gasteiger partial charge in [-0.2, -0.15) is 0 Å². The van der Waals surface area contributed by atoms with Crippen molar-refractivity contribution in [2.45, 2.75) is 190 Å². The molecule has 16 atom stereocenters. The van der Waals surface area contributed by atoms with Gasteiger partial charge in [-0.3, -0.25) is 38.4 Å². The van der Waals surface area contributed by atoms with E-state index in [2.05, 4.69) is 37.2 Å². The van der Waals surface area contributed by atoms with Gasteiger partial charge in [-0.15, -0.1) is 0 Å². The molecule has 38 nitrogen and oxygen atoms in total. The molecule has 0 aromatic carbocycles. The number of hydrogen-bond donors (Lipinski definition) is 16. The molecule has 3 saturated heterocycles. The van der Waals surface area contributed by atoms with E-state index < -0.39 is 190 Å². The summed E-state index contributed by atoms with van der Waals surface area (Å²) in [7, 11) is 0. The van der Waals surface area contributed by atoms with Gasteiger partial charge in [0.05, 0.1) is 131 Å². The van der Waals surface area contributed by atoms with E-state index in [0.29, 0.717) is 25.7 Å². The number of amides is 8. The SMILES string of the molecule is CC(=O)NC1C(OCCOCCOCCNC(=O)CCC(NC(=O)C2CCC(OC(C)(C)C)CC2)C(=O)N(CC(=O)NCCOCCOCCOC2OC(CO)C(O)C(O)C2NC(C)=O)CC(=O)NCCOCCOCCOC2OC(CO)C(O)C(O)C2NC(C)=O)OC(CO)C(O)C1O. The van der Waals surface area contributed by atoms with Crippen LogP contribution in [-0.4, -0.2) is 359 Å². The minimum atomic E-state index is -1.49. The van der Waals surface area contributed by atoms with Crippen molar-refractivity contribution in [3.63, 3.8) is 0 Å². The van der Waals surface area contributed by atoms with Crippen LogP contribution >= 0.6 is 0 Å². The lowest BCUT2D eigenvalue weighted by Crippen LogP contribution is -2.64. The predicted molar refractivity (Wildman–Crippen MR) is 342 cm³/mol. The van der Waals surface area contributed by atoms with Crippen molar-refractivity contribution in [2.24, 2.45) is 5.92 Å². The van der Waals surface area contributed by atoms with Gasteiger partial charge in [-0.1, -0.05) is 0 Å². The molecule has 1 aliphatic carbocycles. The lowest BCUT2D eigenvalue weighted by atomic mass is 9.86. The van der Waals surface area contributed by atoms with E-state index in [4.69, 9.17) is 61.6 Å². The Morgan fingerprint density at radius 3 is 1.09 bits per heavy atom. The van der Waals surface area contributed by atoms with Gasteiger partial charge in [-0.05, 0) is 52.9 Å². The van der Waals surface area contributed by atoms with Gasteiger partial charge in [0.2, 0.25) is 47.3 Å². The molecule has 4 aliphatic rings. The van der Waals surface area contributed by atoms with Gasteiger partial charge >= 0.3 is 0 Å². The van der Waals surface area contributed by atoms with Crippen molar-refractivity contribution in [3.05, 3.63) is 0 Å². The number of nitrogens with one attached hydrogen (secondary N) is 7. The maximum Gasteiger partial charge on any atom is 0.246 e. The van der Waals surface area contributed by atoms with Crippen molar-refractivity contribution in [3.8, 4) is 0 Å². The molecule has 1 saturated carbocycles. The second kappa shape index (κ2) is 47.3. The monoisotopic (exact) mass is 1450 g/mol. The van der Waals surface area contributed by atoms with Gasteiger partial charge in [0.15, 0.2) is 18.9 Å². The van der Waals surface area contributed by atoms with E-state index >= 15 is 0 Å². The molecule has 4 rings (SSSR count). The van der Waals surface area contributed by atoms with Crippen molar-refractivity contribution in [1.29, 1.82) is 0 Å². The minimum Gasteiger partial charge on any atom is -0.394 e. The van der Waals surface area contributed by atoms with E-state index in [-0.39, 0.29) is 138 Å². The number of ether oxygens (including phenoxy) is 13. The smallest absolute Gasteiger partial charge is 0.246 e. The molecule has 0 radical (unpaired) electrons. The Hall–Kier alpha value is -5.12. The second-order valence-electron chi connectivity index (χ2n) is 25.1. The standard InChI is InChI=1S/C62H110N8O30/c1-36(74)66-48-54(83)51(80)42(33-71)97-59(48)94-28-25-91-22-19-88-16-13-63-45(77)12-11-41(69-57(86)39-7-9-40(10-8-39)100-62(4,5)6)58(87)70(31-46(78)64-14-17-89-20-23-92-26-29-95-60-49(67-37(2)75)55(84)52(81)43(34-72)98-60)32-47(79)65-15-18-90-21-24-93-27-30-96-61-50(68-38(3)76)56(85)53(82)44(35-73)99-61/h39-44,48-56,59-61,71-73,80-85H,7-35H2,1-6H3,(H,63,77)(H,64,78)(H,65,79)(H,66,74)(H,67,75)(H,68,76)(H,69,86). The maximum absolute atomic E-state index is 14.7. The number of nitrogens with zero attached hydrogens (tertiary/aromatic N) is 1. The molecule has 38 heteroatoms. The van der Waals surface area contributed by atoms with Crippen LogP contribution in [0.25, 0.3) is 0 Å². The van der Waals surface area contributed by atoms with Crippen LogP contribution < -0.4 is 37.2 Å². The highest BCUT2D eigenvalue weighted by molar-refractivity contribution is 5.94. The van der Waals surface area contributed by atoms with Crippen LogP contribution in [0.5, 0.6) is 0 Å². The Labute approximate surface area is 581 Å². The Morgan fingerprint density at radius 1 is 0.450 bits per heavy atom. The molecule has 3 aliphatic heterocycles. The summed E-state index contributed by atoms with van der Waals surface area (Å²) in [4.78, 5) is 105. The van der Waals surface area contributed by atoms with Crippen LogP contribution in [0.15, 0.2) is 0 Å². The van der Waals surface area contributed by atoms with Crippen LogP contribution in [0.1, 0.15) is 80.1 Å². The number of aliphatic hydroxyl groups excluding tert-OH is 9. The third-order valence-corrected chi connectivity index (χ3v) is 15.9. The van der Waals surface area contributed by atoms with Crippen molar-refractivity contribution >= 4 is 47.3 Å². The highest BCUT2D eigenvalue weighted by atomic mass is 16.7. The molecular weight excluding hydrogens is 1340 g/mol. The zero-order valence-corrected chi connectivity index (χ0v) is 57.9. The molecule has 16 N–H and O–H groups in total. The second-order valence-corrected chi connectivity index (χ2v) is 25.1. The van der Waals surface area contributed by atoms with Crippen molar-refractivity contribution < 1.29 is 146 Å². The van der Waals surface area contributed by atoms with E-state index in [1.54, 1.807) is 0 Å². The lowest BCUT2D eigenvalue weighted by Gasteiger charge is -2.42. The van der Waals surface area contributed by atoms with Crippen molar-refractivity contribution in [1.82, 2.24) is 42.1 Å². The topological polar surface area (TPSA) is 526 Å². The van der Waals surface area contributed by atoms with E-state index in [1.165, 1.54) is 20.8 Å². The van der Waals surface area contributed by atoms with Gasteiger partial charge in [0, 0.05) is 52.7 Å². The quantitative estimate of drug-likeness (QED) is 0.0252. The zero-order chi connectivity index (χ0) is 73.7. The summed E-state index contributed by atoms with van der Waals surface area (Å²) in [5.41, 5.74) is -0.417. The van der Waals surface area contributed by atoms with E-state index in [9.17, 15) is 84.3 Å². The lowest BCUT2D eigenvalue weighted by molar-refractivity contribution is -0.272. The third kappa shape index (κ3) is 32.3. The van der Waals surface area contributed by atoms with Gasteiger partial charge in [0.25, 0.3) is 0 Å². The molecule has 0 aromatic rings. The molecule has 8 amide bonds. The number of aliphatic hydroxyl groups is 9. The summed E-state index contributed by atoms with van der Waals surface area (Å²) in [6.07, 6.45) is -14.6. The van der Waals surface area contributed by atoms with E-state index in [1.807, 2.05) is 20.8 Å². The van der Waals surface area contributed by atoms with Crippen LogP contribution in [0.2, 0.25) is 0 Å². The van der Waals surface area contributed by atoms with Crippen LogP contribution in [-0.2, 0) is 99.9 Å². The summed E-state index contributed by atoms with van der Waals surface area (Å²) in [5, 5.41) is 109. The first-order valence-electron chi connectivity index (χ1n) is 33.7. The zero-order valence-electron chi connectivity index (χ0n) is 57.9.